The number of amides is 3. The number of pyridine rings is 1. The van der Waals surface area contributed by atoms with E-state index in [1.165, 1.54) is 6.92 Å². The van der Waals surface area contributed by atoms with Crippen molar-refractivity contribution in [1.82, 2.24) is 20.3 Å². The molecule has 0 saturated heterocycles. The molecule has 4 rings (SSSR count). The number of ether oxygens (including phenoxy) is 3. The second kappa shape index (κ2) is 31.2. The lowest BCUT2D eigenvalue weighted by atomic mass is 10.0. The Morgan fingerprint density at radius 2 is 1.26 bits per heavy atom. The maximum atomic E-state index is 13.1. The molecule has 0 bridgehead atoms. The number of hydrogen-bond donors (Lipinski definition) is 6. The summed E-state index contributed by atoms with van der Waals surface area (Å²) in [5.74, 6) is -1.72. The van der Waals surface area contributed by atoms with Crippen LogP contribution in [0.3, 0.4) is 0 Å². The second-order valence-corrected chi connectivity index (χ2v) is 19.1. The summed E-state index contributed by atoms with van der Waals surface area (Å²) in [6.45, 7) is 10.0. The number of nitrogens with zero attached hydrogens (tertiary/aromatic N) is 1. The van der Waals surface area contributed by atoms with Gasteiger partial charge in [0, 0.05) is 69.1 Å². The molecule has 0 aliphatic heterocycles. The predicted molar refractivity (Wildman–Crippen MR) is 274 cm³/mol. The molecule has 18 nitrogen and oxygen atoms in total. The van der Waals surface area contributed by atoms with Crippen molar-refractivity contribution in [3.05, 3.63) is 118 Å². The van der Waals surface area contributed by atoms with Crippen LogP contribution >= 0.6 is 0 Å². The summed E-state index contributed by atoms with van der Waals surface area (Å²) < 4.78 is 45.3. The minimum Gasteiger partial charge on any atom is -0.480 e. The van der Waals surface area contributed by atoms with Crippen LogP contribution in [-0.2, 0) is 67.5 Å². The number of rotatable bonds is 35. The summed E-state index contributed by atoms with van der Waals surface area (Å²) in [5, 5.41) is 21.3. The van der Waals surface area contributed by atoms with Crippen molar-refractivity contribution in [2.24, 2.45) is 0 Å². The van der Waals surface area contributed by atoms with Crippen molar-refractivity contribution in [2.45, 2.75) is 103 Å². The van der Waals surface area contributed by atoms with Gasteiger partial charge >= 0.3 is 5.97 Å². The first-order valence-corrected chi connectivity index (χ1v) is 25.8. The molecule has 0 unspecified atom stereocenters. The van der Waals surface area contributed by atoms with E-state index in [1.807, 2.05) is 49.4 Å². The predicted octanol–water partition coefficient (Wildman–Crippen LogP) is 5.60. The first-order valence-electron chi connectivity index (χ1n) is 24.3. The van der Waals surface area contributed by atoms with Gasteiger partial charge in [-0.3, -0.25) is 28.8 Å². The van der Waals surface area contributed by atoms with Gasteiger partial charge in [0.25, 0.3) is 5.91 Å². The van der Waals surface area contributed by atoms with E-state index in [1.54, 1.807) is 50.2 Å². The minimum absolute atomic E-state index is 0.0196. The molecule has 1 aromatic heterocycles. The molecule has 1 atom stereocenters. The van der Waals surface area contributed by atoms with Crippen LogP contribution in [0.5, 0.6) is 0 Å². The molecular formula is C53H70N6O12S. The van der Waals surface area contributed by atoms with Gasteiger partial charge in [-0.2, -0.15) is 4.72 Å². The number of Topliss-reactive ketones (excluding diaryl/α,β-unsaturated/α-hetero) is 2. The number of sulfonamides is 1. The molecule has 0 aliphatic carbocycles. The largest absolute Gasteiger partial charge is 0.480 e. The van der Waals surface area contributed by atoms with Gasteiger partial charge in [-0.1, -0.05) is 48.0 Å². The number of carbonyl (C=O) groups is 6. The van der Waals surface area contributed by atoms with E-state index >= 15 is 0 Å². The highest BCUT2D eigenvalue weighted by molar-refractivity contribution is 7.89. The lowest BCUT2D eigenvalue weighted by Gasteiger charge is -2.18. The van der Waals surface area contributed by atoms with E-state index in [0.29, 0.717) is 114 Å². The Kier molecular flexibility index (Phi) is 25.2. The van der Waals surface area contributed by atoms with Crippen LogP contribution < -0.4 is 26.0 Å². The van der Waals surface area contributed by atoms with Crippen LogP contribution in [0.1, 0.15) is 95.7 Å². The standard InChI is InChI=1S/C53H70N6O12S/c1-37-33-38(2)51(39(3)34-37)72(67,68)59-47(53(65)66)36-56-52(64)43-19-13-41(14-20-43)15-21-44-9-5-10-48(57-44)54-25-7-27-69-29-31-71-32-30-70-28-8-26-55-49(62)11-6-12-50(63)58-45-22-16-42(17-23-45)18-24-46(61)35-40(4)60/h5,9-10,13-14,16-17,19-20,22-23,33-34,47,59H,6-8,11-12,15,18,21,24-32,35-36H2,1-4H3,(H,54,57)(H,55,62)(H,56,64)(H,58,63)(H,65,66)/t47-/m0/s1. The van der Waals surface area contributed by atoms with Crippen molar-refractivity contribution < 1.29 is 56.5 Å². The van der Waals surface area contributed by atoms with Crippen molar-refractivity contribution >= 4 is 56.8 Å². The SMILES string of the molecule is CC(=O)CC(=O)CCc1ccc(NC(=O)CCCC(=O)NCCCOCCOCCOCCCNc2cccc(CCc3ccc(C(=O)NC[C@H](NS(=O)(=O)c4c(C)cc(C)cc4C)C(=O)O)cc3)n2)cc1. The monoisotopic (exact) mass is 1010 g/mol. The van der Waals surface area contributed by atoms with E-state index in [0.717, 1.165) is 34.6 Å². The smallest absolute Gasteiger partial charge is 0.323 e. The van der Waals surface area contributed by atoms with E-state index in [2.05, 4.69) is 26.0 Å². The maximum absolute atomic E-state index is 13.1. The number of aryl methyl sites for hydroxylation is 6. The summed E-state index contributed by atoms with van der Waals surface area (Å²) in [6.07, 6.45) is 4.42. The number of hydrogen-bond acceptors (Lipinski definition) is 13. The van der Waals surface area contributed by atoms with E-state index in [-0.39, 0.29) is 47.5 Å². The lowest BCUT2D eigenvalue weighted by Crippen LogP contribution is -2.48. The Morgan fingerprint density at radius 3 is 1.90 bits per heavy atom. The van der Waals surface area contributed by atoms with Crippen LogP contribution in [0.15, 0.2) is 83.8 Å². The highest BCUT2D eigenvalue weighted by atomic mass is 32.2. The van der Waals surface area contributed by atoms with Crippen molar-refractivity contribution in [1.29, 1.82) is 0 Å². The molecule has 0 fully saturated rings. The number of benzene rings is 3. The highest BCUT2D eigenvalue weighted by Crippen LogP contribution is 2.22. The van der Waals surface area contributed by atoms with Gasteiger partial charge in [0.1, 0.15) is 23.4 Å². The number of aliphatic carboxylic acids is 1. The minimum atomic E-state index is -4.18. The Hall–Kier alpha value is -6.38. The van der Waals surface area contributed by atoms with Gasteiger partial charge in [-0.05, 0) is 125 Å². The van der Waals surface area contributed by atoms with Crippen LogP contribution in [0, 0.1) is 20.8 Å². The number of ketones is 2. The van der Waals surface area contributed by atoms with Crippen molar-refractivity contribution in [2.75, 3.05) is 69.9 Å². The van der Waals surface area contributed by atoms with Crippen LogP contribution in [0.4, 0.5) is 11.5 Å². The first-order chi connectivity index (χ1) is 34.5. The van der Waals surface area contributed by atoms with Gasteiger partial charge in [0.2, 0.25) is 21.8 Å². The summed E-state index contributed by atoms with van der Waals surface area (Å²) in [5.41, 5.74) is 5.65. The zero-order valence-electron chi connectivity index (χ0n) is 41.8. The Bertz CT molecular complexity index is 2500. The molecular weight excluding hydrogens is 945 g/mol. The molecule has 0 radical (unpaired) electrons. The van der Waals surface area contributed by atoms with Gasteiger partial charge in [-0.25, -0.2) is 13.4 Å². The van der Waals surface area contributed by atoms with Crippen LogP contribution in [0.2, 0.25) is 0 Å². The topological polar surface area (TPSA) is 258 Å². The zero-order valence-corrected chi connectivity index (χ0v) is 42.6. The van der Waals surface area contributed by atoms with Gasteiger partial charge in [0.05, 0.1) is 37.7 Å². The second-order valence-electron chi connectivity index (χ2n) is 17.5. The molecule has 6 N–H and O–H groups in total. The molecule has 0 aliphatic rings. The Balaban J connectivity index is 0.965. The van der Waals surface area contributed by atoms with Crippen molar-refractivity contribution in [3.8, 4) is 0 Å². The molecule has 19 heteroatoms. The fourth-order valence-corrected chi connectivity index (χ4v) is 9.23. The number of carboxylic acids is 1. The summed E-state index contributed by atoms with van der Waals surface area (Å²) >= 11 is 0. The molecule has 0 spiro atoms. The van der Waals surface area contributed by atoms with E-state index in [4.69, 9.17) is 19.2 Å². The number of carbonyl (C=O) groups excluding carboxylic acids is 5. The van der Waals surface area contributed by atoms with Crippen LogP contribution in [-0.4, -0.2) is 119 Å². The third kappa shape index (κ3) is 22.4. The van der Waals surface area contributed by atoms with Crippen molar-refractivity contribution in [3.63, 3.8) is 0 Å². The molecule has 390 valence electrons. The Labute approximate surface area is 422 Å². The third-order valence-electron chi connectivity index (χ3n) is 11.1. The normalized spacial score (nSPS) is 11.7. The molecule has 1 heterocycles. The molecule has 3 aromatic carbocycles. The third-order valence-corrected chi connectivity index (χ3v) is 12.9. The number of carboxylic acid groups (broad SMARTS) is 1. The number of nitrogens with one attached hydrogen (secondary N) is 5. The fourth-order valence-electron chi connectivity index (χ4n) is 7.59. The van der Waals surface area contributed by atoms with Crippen LogP contribution in [0.25, 0.3) is 0 Å². The average Bonchev–Trinajstić information content (AvgIpc) is 3.32. The average molecular weight is 1020 g/mol. The fraction of sp³-hybridized carbons (Fsp3) is 0.453. The maximum Gasteiger partial charge on any atom is 0.323 e. The molecule has 3 amide bonds. The van der Waals surface area contributed by atoms with Gasteiger partial charge < -0.3 is 40.6 Å². The lowest BCUT2D eigenvalue weighted by molar-refractivity contribution is -0.138. The molecule has 4 aromatic rings. The Morgan fingerprint density at radius 1 is 0.667 bits per heavy atom. The number of aromatic nitrogens is 1. The van der Waals surface area contributed by atoms with Gasteiger partial charge in [0.15, 0.2) is 0 Å². The summed E-state index contributed by atoms with van der Waals surface area (Å²) in [7, 11) is -4.18. The van der Waals surface area contributed by atoms with E-state index in [9.17, 15) is 42.3 Å². The highest BCUT2D eigenvalue weighted by Gasteiger charge is 2.28. The summed E-state index contributed by atoms with van der Waals surface area (Å²) in [6, 6.07) is 21.8. The number of anilines is 2. The van der Waals surface area contributed by atoms with Gasteiger partial charge in [-0.15, -0.1) is 0 Å². The quantitative estimate of drug-likeness (QED) is 0.0242. The summed E-state index contributed by atoms with van der Waals surface area (Å²) in [4.78, 5) is 76.8. The molecule has 72 heavy (non-hydrogen) atoms. The zero-order chi connectivity index (χ0) is 52.3. The molecule has 0 saturated carbocycles. The van der Waals surface area contributed by atoms with E-state index < -0.39 is 34.5 Å². The first kappa shape index (κ1) is 58.2.